The lowest BCUT2D eigenvalue weighted by Gasteiger charge is -2.39. The second-order valence-corrected chi connectivity index (χ2v) is 9.28. The molecule has 0 aliphatic heterocycles. The molecular weight excluding hydrogens is 282 g/mol. The van der Waals surface area contributed by atoms with Crippen LogP contribution in [0.3, 0.4) is 0 Å². The molecule has 0 amide bonds. The van der Waals surface area contributed by atoms with Gasteiger partial charge in [0.05, 0.1) is 5.75 Å². The maximum absolute atomic E-state index is 12.5. The van der Waals surface area contributed by atoms with Gasteiger partial charge < -0.3 is 0 Å². The van der Waals surface area contributed by atoms with Crippen molar-refractivity contribution in [1.29, 1.82) is 0 Å². The van der Waals surface area contributed by atoms with E-state index in [0.29, 0.717) is 5.92 Å². The number of sulfonamides is 1. The third kappa shape index (κ3) is 2.42. The number of fused-ring (bicyclic) bond motifs is 2. The summed E-state index contributed by atoms with van der Waals surface area (Å²) in [5.41, 5.74) is 1.16. The first-order chi connectivity index (χ1) is 9.75. The molecule has 2 bridgehead atoms. The van der Waals surface area contributed by atoms with Crippen molar-refractivity contribution in [2.24, 2.45) is 16.7 Å². The number of nitrogens with one attached hydrogen (secondary N) is 1. The second kappa shape index (κ2) is 4.82. The third-order valence-corrected chi connectivity index (χ3v) is 7.67. The van der Waals surface area contributed by atoms with E-state index < -0.39 is 10.0 Å². The molecule has 0 saturated heterocycles. The van der Waals surface area contributed by atoms with Crippen LogP contribution >= 0.6 is 0 Å². The van der Waals surface area contributed by atoms with E-state index in [2.05, 4.69) is 25.5 Å². The van der Waals surface area contributed by atoms with Gasteiger partial charge in [-0.15, -0.1) is 0 Å². The van der Waals surface area contributed by atoms with E-state index in [1.807, 2.05) is 30.3 Å². The van der Waals surface area contributed by atoms with Crippen LogP contribution in [-0.2, 0) is 15.8 Å². The van der Waals surface area contributed by atoms with Crippen molar-refractivity contribution in [3.8, 4) is 0 Å². The van der Waals surface area contributed by atoms with Crippen LogP contribution in [0.2, 0.25) is 0 Å². The molecule has 21 heavy (non-hydrogen) atoms. The van der Waals surface area contributed by atoms with Crippen molar-refractivity contribution in [2.45, 2.75) is 51.8 Å². The topological polar surface area (TPSA) is 46.2 Å². The quantitative estimate of drug-likeness (QED) is 0.927. The zero-order valence-electron chi connectivity index (χ0n) is 13.1. The molecule has 1 aromatic carbocycles. The standard InChI is InChI=1S/C17H25NO2S/c1-16(2)14-9-10-17(16,3)15(11-14)18-21(19,20)12-13-7-5-4-6-8-13/h4-8,14-15,18H,9-12H2,1-3H3. The Morgan fingerprint density at radius 2 is 1.86 bits per heavy atom. The molecule has 2 aliphatic carbocycles. The van der Waals surface area contributed by atoms with Crippen molar-refractivity contribution in [3.63, 3.8) is 0 Å². The normalized spacial score (nSPS) is 34.2. The predicted octanol–water partition coefficient (Wildman–Crippen LogP) is 3.32. The largest absolute Gasteiger partial charge is 0.216 e. The molecule has 1 N–H and O–H groups in total. The van der Waals surface area contributed by atoms with Gasteiger partial charge >= 0.3 is 0 Å². The molecule has 0 spiro atoms. The van der Waals surface area contributed by atoms with Gasteiger partial charge in [0, 0.05) is 6.04 Å². The molecule has 0 aromatic heterocycles. The lowest BCUT2D eigenvalue weighted by molar-refractivity contribution is 0.130. The first-order valence-corrected chi connectivity index (χ1v) is 9.44. The Labute approximate surface area is 128 Å². The summed E-state index contributed by atoms with van der Waals surface area (Å²) < 4.78 is 28.0. The average molecular weight is 307 g/mol. The Balaban J connectivity index is 1.76. The molecule has 2 fully saturated rings. The van der Waals surface area contributed by atoms with Crippen LogP contribution in [0.5, 0.6) is 0 Å². The molecule has 3 unspecified atom stereocenters. The van der Waals surface area contributed by atoms with E-state index in [-0.39, 0.29) is 22.6 Å². The number of rotatable bonds is 4. The van der Waals surface area contributed by atoms with Gasteiger partial charge in [-0.3, -0.25) is 0 Å². The van der Waals surface area contributed by atoms with Gasteiger partial charge in [-0.2, -0.15) is 0 Å². The van der Waals surface area contributed by atoms with Crippen molar-refractivity contribution in [3.05, 3.63) is 35.9 Å². The summed E-state index contributed by atoms with van der Waals surface area (Å²) >= 11 is 0. The van der Waals surface area contributed by atoms with Gasteiger partial charge in [-0.05, 0) is 41.6 Å². The highest BCUT2D eigenvalue weighted by Gasteiger charge is 2.61. The Bertz CT molecular complexity index is 623. The van der Waals surface area contributed by atoms with Crippen LogP contribution in [-0.4, -0.2) is 14.5 Å². The van der Waals surface area contributed by atoms with Gasteiger partial charge in [-0.25, -0.2) is 13.1 Å². The molecule has 1 aromatic rings. The van der Waals surface area contributed by atoms with Gasteiger partial charge in [0.1, 0.15) is 0 Å². The first-order valence-electron chi connectivity index (χ1n) is 7.78. The molecule has 2 saturated carbocycles. The lowest BCUT2D eigenvalue weighted by atomic mass is 9.69. The minimum absolute atomic E-state index is 0.0749. The average Bonchev–Trinajstić information content (AvgIpc) is 2.72. The van der Waals surface area contributed by atoms with E-state index in [9.17, 15) is 8.42 Å². The van der Waals surface area contributed by atoms with Crippen LogP contribution < -0.4 is 4.72 Å². The highest BCUT2D eigenvalue weighted by Crippen LogP contribution is 2.65. The second-order valence-electron chi connectivity index (χ2n) is 7.53. The van der Waals surface area contributed by atoms with E-state index in [4.69, 9.17) is 0 Å². The van der Waals surface area contributed by atoms with Crippen LogP contribution in [0, 0.1) is 16.7 Å². The molecule has 116 valence electrons. The van der Waals surface area contributed by atoms with Gasteiger partial charge in [-0.1, -0.05) is 51.1 Å². The molecule has 2 aliphatic rings. The minimum Gasteiger partial charge on any atom is -0.212 e. The fourth-order valence-corrected chi connectivity index (χ4v) is 5.94. The number of benzene rings is 1. The zero-order chi connectivity index (χ0) is 15.3. The van der Waals surface area contributed by atoms with Crippen LogP contribution in [0.15, 0.2) is 30.3 Å². The molecule has 3 nitrogen and oxygen atoms in total. The predicted molar refractivity (Wildman–Crippen MR) is 85.2 cm³/mol. The lowest BCUT2D eigenvalue weighted by Crippen LogP contribution is -2.47. The van der Waals surface area contributed by atoms with Crippen LogP contribution in [0.4, 0.5) is 0 Å². The molecular formula is C17H25NO2S. The zero-order valence-corrected chi connectivity index (χ0v) is 13.9. The van der Waals surface area contributed by atoms with Gasteiger partial charge in [0.25, 0.3) is 0 Å². The van der Waals surface area contributed by atoms with Gasteiger partial charge in [0.2, 0.25) is 10.0 Å². The summed E-state index contributed by atoms with van der Waals surface area (Å²) in [5, 5.41) is 0. The van der Waals surface area contributed by atoms with Crippen molar-refractivity contribution in [2.75, 3.05) is 0 Å². The van der Waals surface area contributed by atoms with E-state index in [0.717, 1.165) is 18.4 Å². The maximum atomic E-state index is 12.5. The van der Waals surface area contributed by atoms with Crippen LogP contribution in [0.25, 0.3) is 0 Å². The Kier molecular flexibility index (Phi) is 3.45. The Hall–Kier alpha value is -0.870. The summed E-state index contributed by atoms with van der Waals surface area (Å²) in [6, 6.07) is 9.49. The fraction of sp³-hybridized carbons (Fsp3) is 0.647. The minimum atomic E-state index is -3.28. The summed E-state index contributed by atoms with van der Waals surface area (Å²) in [6.07, 6.45) is 3.35. The molecule has 0 heterocycles. The van der Waals surface area contributed by atoms with Gasteiger partial charge in [0.15, 0.2) is 0 Å². The van der Waals surface area contributed by atoms with Crippen molar-refractivity contribution < 1.29 is 8.42 Å². The van der Waals surface area contributed by atoms with E-state index in [1.54, 1.807) is 0 Å². The van der Waals surface area contributed by atoms with Crippen molar-refractivity contribution >= 4 is 10.0 Å². The summed E-state index contributed by atoms with van der Waals surface area (Å²) in [7, 11) is -3.28. The number of hydrogen-bond acceptors (Lipinski definition) is 2. The molecule has 0 radical (unpaired) electrons. The highest BCUT2D eigenvalue weighted by molar-refractivity contribution is 7.88. The maximum Gasteiger partial charge on any atom is 0.216 e. The Morgan fingerprint density at radius 1 is 1.19 bits per heavy atom. The van der Waals surface area contributed by atoms with Crippen molar-refractivity contribution in [1.82, 2.24) is 4.72 Å². The third-order valence-electron chi connectivity index (χ3n) is 6.32. The summed E-state index contributed by atoms with van der Waals surface area (Å²) in [4.78, 5) is 0. The molecule has 3 atom stereocenters. The first kappa shape index (κ1) is 15.0. The summed E-state index contributed by atoms with van der Waals surface area (Å²) in [6.45, 7) is 6.86. The van der Waals surface area contributed by atoms with Crippen LogP contribution in [0.1, 0.15) is 45.6 Å². The monoisotopic (exact) mass is 307 g/mol. The summed E-state index contributed by atoms with van der Waals surface area (Å²) in [5.74, 6) is 0.720. The SMILES string of the molecule is CC1(C)C2CCC1(C)C(NS(=O)(=O)Cc1ccccc1)C2. The Morgan fingerprint density at radius 3 is 2.38 bits per heavy atom. The highest BCUT2D eigenvalue weighted by atomic mass is 32.2. The fourth-order valence-electron chi connectivity index (χ4n) is 4.43. The molecule has 3 rings (SSSR count). The molecule has 4 heteroatoms. The van der Waals surface area contributed by atoms with E-state index >= 15 is 0 Å². The number of hydrogen-bond donors (Lipinski definition) is 1. The van der Waals surface area contributed by atoms with E-state index in [1.165, 1.54) is 6.42 Å². The smallest absolute Gasteiger partial charge is 0.212 e.